The molecule has 114 valence electrons. The van der Waals surface area contributed by atoms with E-state index in [1.807, 2.05) is 13.8 Å². The molecule has 0 spiro atoms. The molecule has 0 saturated carbocycles. The molecule has 4 nitrogen and oxygen atoms in total. The van der Waals surface area contributed by atoms with Crippen molar-refractivity contribution in [3.63, 3.8) is 0 Å². The Bertz CT molecular complexity index is 547. The number of sulfonamides is 1. The molecule has 0 heterocycles. The quantitative estimate of drug-likeness (QED) is 0.837. The number of hydrogen-bond donors (Lipinski definition) is 1. The number of hydrogen-bond acceptors (Lipinski definition) is 3. The van der Waals surface area contributed by atoms with Gasteiger partial charge in [-0.05, 0) is 37.1 Å². The summed E-state index contributed by atoms with van der Waals surface area (Å²) in [5.74, 6) is -1.67. The lowest BCUT2D eigenvalue weighted by molar-refractivity contribution is 0.362. The molecular formula is C13H20F2N2O2S. The summed E-state index contributed by atoms with van der Waals surface area (Å²) in [6.45, 7) is 4.46. The fourth-order valence-corrected chi connectivity index (χ4v) is 3.52. The van der Waals surface area contributed by atoms with Crippen LogP contribution in [0.5, 0.6) is 0 Å². The summed E-state index contributed by atoms with van der Waals surface area (Å²) in [5.41, 5.74) is 5.39. The van der Waals surface area contributed by atoms with E-state index in [-0.39, 0.29) is 19.0 Å². The van der Waals surface area contributed by atoms with Gasteiger partial charge in [-0.15, -0.1) is 0 Å². The molecule has 0 bridgehead atoms. The Kier molecular flexibility index (Phi) is 6.04. The molecule has 0 amide bonds. The lowest BCUT2D eigenvalue weighted by Crippen LogP contribution is -2.36. The molecule has 0 aromatic heterocycles. The molecule has 0 unspecified atom stereocenters. The van der Waals surface area contributed by atoms with E-state index in [1.54, 1.807) is 0 Å². The van der Waals surface area contributed by atoms with Crippen LogP contribution in [0.4, 0.5) is 8.78 Å². The summed E-state index contributed by atoms with van der Waals surface area (Å²) in [6.07, 6.45) is 0.461. The molecule has 7 heteroatoms. The van der Waals surface area contributed by atoms with Crippen LogP contribution in [-0.4, -0.2) is 32.4 Å². The topological polar surface area (TPSA) is 63.4 Å². The van der Waals surface area contributed by atoms with Crippen molar-refractivity contribution in [1.29, 1.82) is 0 Å². The summed E-state index contributed by atoms with van der Waals surface area (Å²) >= 11 is 0. The van der Waals surface area contributed by atoms with Crippen LogP contribution in [0.15, 0.2) is 23.1 Å². The second-order valence-corrected chi connectivity index (χ2v) is 6.88. The van der Waals surface area contributed by atoms with E-state index in [0.717, 1.165) is 16.4 Å². The van der Waals surface area contributed by atoms with E-state index >= 15 is 0 Å². The standard InChI is InChI=1S/C13H20F2N2O2S/c1-10(2)9-17(7-3-6-16)20(18,19)13-8-11(14)4-5-12(13)15/h4-5,8,10H,3,6-7,9,16H2,1-2H3. The molecule has 0 aliphatic rings. The Balaban J connectivity index is 3.17. The normalized spacial score (nSPS) is 12.3. The molecule has 0 aliphatic carbocycles. The fourth-order valence-electron chi connectivity index (χ4n) is 1.80. The Morgan fingerprint density at radius 2 is 1.95 bits per heavy atom. The van der Waals surface area contributed by atoms with Crippen molar-refractivity contribution >= 4 is 10.0 Å². The Morgan fingerprint density at radius 3 is 2.50 bits per heavy atom. The van der Waals surface area contributed by atoms with Gasteiger partial charge in [0.1, 0.15) is 16.5 Å². The van der Waals surface area contributed by atoms with Gasteiger partial charge in [-0.1, -0.05) is 13.8 Å². The first-order valence-corrected chi connectivity index (χ1v) is 7.88. The predicted molar refractivity (Wildman–Crippen MR) is 73.6 cm³/mol. The van der Waals surface area contributed by atoms with E-state index in [9.17, 15) is 17.2 Å². The summed E-state index contributed by atoms with van der Waals surface area (Å²) in [7, 11) is -4.06. The highest BCUT2D eigenvalue weighted by Crippen LogP contribution is 2.21. The van der Waals surface area contributed by atoms with Gasteiger partial charge in [-0.3, -0.25) is 0 Å². The lowest BCUT2D eigenvalue weighted by atomic mass is 10.2. The van der Waals surface area contributed by atoms with Crippen LogP contribution in [0.1, 0.15) is 20.3 Å². The summed E-state index contributed by atoms with van der Waals surface area (Å²) in [5, 5.41) is 0. The van der Waals surface area contributed by atoms with Crippen molar-refractivity contribution in [2.24, 2.45) is 11.7 Å². The zero-order valence-electron chi connectivity index (χ0n) is 11.6. The van der Waals surface area contributed by atoms with E-state index in [2.05, 4.69) is 0 Å². The fraction of sp³-hybridized carbons (Fsp3) is 0.538. The van der Waals surface area contributed by atoms with E-state index in [1.165, 1.54) is 0 Å². The first-order chi connectivity index (χ1) is 9.28. The van der Waals surface area contributed by atoms with Gasteiger partial charge in [0.15, 0.2) is 0 Å². The molecule has 0 aliphatic heterocycles. The maximum absolute atomic E-state index is 13.7. The predicted octanol–water partition coefficient (Wildman–Crippen LogP) is 1.96. The molecule has 1 aromatic carbocycles. The third kappa shape index (κ3) is 4.22. The molecule has 0 fully saturated rings. The molecular weight excluding hydrogens is 286 g/mol. The zero-order chi connectivity index (χ0) is 15.3. The molecule has 0 saturated heterocycles. The molecule has 0 atom stereocenters. The highest BCUT2D eigenvalue weighted by atomic mass is 32.2. The van der Waals surface area contributed by atoms with Crippen LogP contribution in [0.25, 0.3) is 0 Å². The Morgan fingerprint density at radius 1 is 1.30 bits per heavy atom. The van der Waals surface area contributed by atoms with Crippen molar-refractivity contribution in [2.45, 2.75) is 25.2 Å². The first-order valence-electron chi connectivity index (χ1n) is 6.44. The van der Waals surface area contributed by atoms with Gasteiger partial charge in [0.2, 0.25) is 10.0 Å². The maximum atomic E-state index is 13.7. The summed E-state index contributed by atoms with van der Waals surface area (Å²) < 4.78 is 52.9. The second kappa shape index (κ2) is 7.10. The Hall–Kier alpha value is -1.05. The van der Waals surface area contributed by atoms with Crippen LogP contribution in [0.3, 0.4) is 0 Å². The summed E-state index contributed by atoms with van der Waals surface area (Å²) in [6, 6.07) is 2.42. The third-order valence-corrected chi connectivity index (χ3v) is 4.57. The van der Waals surface area contributed by atoms with E-state index < -0.39 is 26.6 Å². The molecule has 2 N–H and O–H groups in total. The van der Waals surface area contributed by atoms with Crippen molar-refractivity contribution < 1.29 is 17.2 Å². The van der Waals surface area contributed by atoms with Gasteiger partial charge in [0.05, 0.1) is 0 Å². The van der Waals surface area contributed by atoms with Crippen LogP contribution in [0, 0.1) is 17.6 Å². The van der Waals surface area contributed by atoms with E-state index in [4.69, 9.17) is 5.73 Å². The molecule has 0 radical (unpaired) electrons. The van der Waals surface area contributed by atoms with Crippen LogP contribution in [-0.2, 0) is 10.0 Å². The van der Waals surface area contributed by atoms with Gasteiger partial charge in [0.25, 0.3) is 0 Å². The number of halogens is 2. The molecule has 1 rings (SSSR count). The number of rotatable bonds is 7. The van der Waals surface area contributed by atoms with Crippen molar-refractivity contribution in [3.05, 3.63) is 29.8 Å². The summed E-state index contributed by atoms with van der Waals surface area (Å²) in [4.78, 5) is -0.629. The zero-order valence-corrected chi connectivity index (χ0v) is 12.5. The minimum Gasteiger partial charge on any atom is -0.330 e. The monoisotopic (exact) mass is 306 g/mol. The highest BCUT2D eigenvalue weighted by Gasteiger charge is 2.28. The molecule has 1 aromatic rings. The highest BCUT2D eigenvalue weighted by molar-refractivity contribution is 7.89. The average molecular weight is 306 g/mol. The first kappa shape index (κ1) is 17.0. The minimum absolute atomic E-state index is 0.0687. The van der Waals surface area contributed by atoms with Gasteiger partial charge in [-0.2, -0.15) is 4.31 Å². The second-order valence-electron chi connectivity index (χ2n) is 4.97. The van der Waals surface area contributed by atoms with Crippen molar-refractivity contribution in [2.75, 3.05) is 19.6 Å². The molecule has 20 heavy (non-hydrogen) atoms. The number of nitrogens with zero attached hydrogens (tertiary/aromatic N) is 1. The van der Waals surface area contributed by atoms with Crippen LogP contribution in [0.2, 0.25) is 0 Å². The van der Waals surface area contributed by atoms with Gasteiger partial charge in [-0.25, -0.2) is 17.2 Å². The van der Waals surface area contributed by atoms with E-state index in [0.29, 0.717) is 19.0 Å². The number of nitrogens with two attached hydrogens (primary N) is 1. The minimum atomic E-state index is -4.06. The average Bonchev–Trinajstić information content (AvgIpc) is 2.36. The van der Waals surface area contributed by atoms with Gasteiger partial charge in [0, 0.05) is 13.1 Å². The smallest absolute Gasteiger partial charge is 0.246 e. The number of benzene rings is 1. The van der Waals surface area contributed by atoms with Gasteiger partial charge >= 0.3 is 0 Å². The SMILES string of the molecule is CC(C)CN(CCCN)S(=O)(=O)c1cc(F)ccc1F. The maximum Gasteiger partial charge on any atom is 0.246 e. The third-order valence-electron chi connectivity index (χ3n) is 2.69. The van der Waals surface area contributed by atoms with Crippen molar-refractivity contribution in [1.82, 2.24) is 4.31 Å². The van der Waals surface area contributed by atoms with Crippen LogP contribution < -0.4 is 5.73 Å². The Labute approximate surface area is 118 Å². The van der Waals surface area contributed by atoms with Crippen molar-refractivity contribution in [3.8, 4) is 0 Å². The van der Waals surface area contributed by atoms with Gasteiger partial charge < -0.3 is 5.73 Å². The lowest BCUT2D eigenvalue weighted by Gasteiger charge is -2.24. The van der Waals surface area contributed by atoms with Crippen LogP contribution >= 0.6 is 0 Å². The largest absolute Gasteiger partial charge is 0.330 e.